The molecule has 140 valence electrons. The van der Waals surface area contributed by atoms with Gasteiger partial charge in [-0.2, -0.15) is 18.4 Å². The van der Waals surface area contributed by atoms with Crippen LogP contribution in [0.4, 0.5) is 18.9 Å². The van der Waals surface area contributed by atoms with Crippen molar-refractivity contribution >= 4 is 17.7 Å². The topological polar surface area (TPSA) is 96.9 Å². The van der Waals surface area contributed by atoms with E-state index in [1.54, 1.807) is 6.07 Å². The minimum Gasteiger partial charge on any atom is -0.321 e. The van der Waals surface area contributed by atoms with Crippen LogP contribution in [0, 0.1) is 11.3 Å². The highest BCUT2D eigenvalue weighted by molar-refractivity contribution is 6.09. The monoisotopic (exact) mass is 378 g/mol. The number of amides is 1. The number of aryl methyl sites for hydroxylation is 1. The Kier molecular flexibility index (Phi) is 5.35. The molecule has 0 atom stereocenters. The molecule has 0 saturated heterocycles. The molecule has 0 aliphatic heterocycles. The van der Waals surface area contributed by atoms with Crippen LogP contribution in [-0.4, -0.2) is 15.0 Å². The number of halogens is 3. The quantitative estimate of drug-likeness (QED) is 0.649. The molecule has 1 N–H and O–H groups in total. The van der Waals surface area contributed by atoms with E-state index < -0.39 is 40.2 Å². The molecule has 1 aromatic heterocycles. The van der Waals surface area contributed by atoms with Crippen molar-refractivity contribution in [3.63, 3.8) is 0 Å². The van der Waals surface area contributed by atoms with E-state index in [2.05, 4.69) is 0 Å². The Morgan fingerprint density at radius 2 is 1.85 bits per heavy atom. The van der Waals surface area contributed by atoms with Crippen LogP contribution in [0.3, 0.4) is 0 Å². The maximum atomic E-state index is 13.0. The van der Waals surface area contributed by atoms with E-state index >= 15 is 0 Å². The lowest BCUT2D eigenvalue weighted by Gasteiger charge is -2.13. The molecule has 27 heavy (non-hydrogen) atoms. The van der Waals surface area contributed by atoms with Gasteiger partial charge in [-0.1, -0.05) is 12.1 Å². The molecule has 1 heterocycles. The van der Waals surface area contributed by atoms with E-state index in [1.165, 1.54) is 20.2 Å². The van der Waals surface area contributed by atoms with Gasteiger partial charge in [0.05, 0.1) is 16.8 Å². The maximum absolute atomic E-state index is 13.0. The number of nitrogens with zero attached hydrogens (tertiary/aromatic N) is 3. The zero-order chi connectivity index (χ0) is 20.4. The number of benzene rings is 1. The highest BCUT2D eigenvalue weighted by atomic mass is 19.4. The number of para-hydroxylation sites is 1. The van der Waals surface area contributed by atoms with Crippen molar-refractivity contribution in [1.29, 1.82) is 5.26 Å². The van der Waals surface area contributed by atoms with Crippen molar-refractivity contribution in [3.8, 4) is 6.07 Å². The Balaban J connectivity index is 2.45. The summed E-state index contributed by atoms with van der Waals surface area (Å²) in [6.45, 7) is 0. The van der Waals surface area contributed by atoms with E-state index in [1.807, 2.05) is 5.32 Å². The lowest BCUT2D eigenvalue weighted by atomic mass is 10.1. The van der Waals surface area contributed by atoms with E-state index in [-0.39, 0.29) is 5.56 Å². The van der Waals surface area contributed by atoms with Crippen LogP contribution in [0.2, 0.25) is 0 Å². The first-order valence-electron chi connectivity index (χ1n) is 7.42. The minimum absolute atomic E-state index is 0.143. The average molecular weight is 378 g/mol. The van der Waals surface area contributed by atoms with E-state index in [9.17, 15) is 32.8 Å². The second-order valence-corrected chi connectivity index (χ2v) is 5.51. The number of carbonyl (C=O) groups is 1. The van der Waals surface area contributed by atoms with Gasteiger partial charge < -0.3 is 9.88 Å². The number of nitriles is 1. The van der Waals surface area contributed by atoms with Crippen molar-refractivity contribution < 1.29 is 18.0 Å². The maximum Gasteiger partial charge on any atom is 0.418 e. The minimum atomic E-state index is -4.70. The van der Waals surface area contributed by atoms with Gasteiger partial charge >= 0.3 is 11.9 Å². The summed E-state index contributed by atoms with van der Waals surface area (Å²) in [7, 11) is 2.58. The molecule has 0 fully saturated rings. The summed E-state index contributed by atoms with van der Waals surface area (Å²) in [4.78, 5) is 36.0. The summed E-state index contributed by atoms with van der Waals surface area (Å²) in [6, 6.07) is 5.83. The molecule has 1 amide bonds. The normalized spacial score (nSPS) is 11.8. The zero-order valence-corrected chi connectivity index (χ0v) is 14.2. The molecule has 10 heteroatoms. The summed E-state index contributed by atoms with van der Waals surface area (Å²) < 4.78 is 40.8. The zero-order valence-electron chi connectivity index (χ0n) is 14.2. The van der Waals surface area contributed by atoms with Crippen molar-refractivity contribution in [3.05, 3.63) is 68.0 Å². The predicted octanol–water partition coefficient (Wildman–Crippen LogP) is 1.65. The molecular formula is C17H13F3N4O3. The van der Waals surface area contributed by atoms with Crippen molar-refractivity contribution in [2.45, 2.75) is 6.18 Å². The number of rotatable bonds is 3. The molecule has 2 rings (SSSR count). The number of alkyl halides is 3. The van der Waals surface area contributed by atoms with Crippen LogP contribution in [-0.2, 0) is 25.1 Å². The molecule has 0 saturated carbocycles. The number of anilines is 1. The largest absolute Gasteiger partial charge is 0.418 e. The van der Waals surface area contributed by atoms with E-state index in [4.69, 9.17) is 0 Å². The lowest BCUT2D eigenvalue weighted by molar-refractivity contribution is -0.137. The van der Waals surface area contributed by atoms with Gasteiger partial charge in [0.2, 0.25) is 0 Å². The van der Waals surface area contributed by atoms with Gasteiger partial charge in [0.15, 0.2) is 0 Å². The fourth-order valence-corrected chi connectivity index (χ4v) is 2.27. The Labute approximate surface area is 150 Å². The first-order valence-corrected chi connectivity index (χ1v) is 7.42. The number of hydrogen-bond acceptors (Lipinski definition) is 4. The summed E-state index contributed by atoms with van der Waals surface area (Å²) in [6.07, 6.45) is -2.67. The van der Waals surface area contributed by atoms with Gasteiger partial charge in [0.25, 0.3) is 11.5 Å². The van der Waals surface area contributed by atoms with Crippen LogP contribution in [0.1, 0.15) is 11.1 Å². The molecule has 0 aliphatic rings. The fourth-order valence-electron chi connectivity index (χ4n) is 2.27. The predicted molar refractivity (Wildman–Crippen MR) is 90.6 cm³/mol. The van der Waals surface area contributed by atoms with Gasteiger partial charge in [-0.3, -0.25) is 14.2 Å². The van der Waals surface area contributed by atoms with Gasteiger partial charge in [0, 0.05) is 20.3 Å². The molecule has 1 aromatic carbocycles. The summed E-state index contributed by atoms with van der Waals surface area (Å²) >= 11 is 0. The molecule has 7 nitrogen and oxygen atoms in total. The highest BCUT2D eigenvalue weighted by Crippen LogP contribution is 2.34. The van der Waals surface area contributed by atoms with Crippen molar-refractivity contribution in [2.75, 3.05) is 5.32 Å². The Morgan fingerprint density at radius 1 is 1.22 bits per heavy atom. The lowest BCUT2D eigenvalue weighted by Crippen LogP contribution is -2.37. The first-order chi connectivity index (χ1) is 12.6. The van der Waals surface area contributed by atoms with Crippen LogP contribution >= 0.6 is 0 Å². The Hall–Kier alpha value is -3.61. The first kappa shape index (κ1) is 19.7. The van der Waals surface area contributed by atoms with Crippen LogP contribution in [0.25, 0.3) is 6.08 Å². The number of nitrogens with one attached hydrogen (secondary N) is 1. The van der Waals surface area contributed by atoms with Crippen molar-refractivity contribution in [1.82, 2.24) is 9.13 Å². The molecule has 0 spiro atoms. The number of carbonyl (C=O) groups excluding carboxylic acids is 1. The third-order valence-corrected chi connectivity index (χ3v) is 3.62. The third kappa shape index (κ3) is 4.14. The van der Waals surface area contributed by atoms with E-state index in [0.717, 1.165) is 39.6 Å². The Bertz CT molecular complexity index is 1090. The third-order valence-electron chi connectivity index (χ3n) is 3.62. The molecule has 0 radical (unpaired) electrons. The standard InChI is InChI=1S/C17H13F3N4O3/c1-23-9-11(15(26)24(2)16(23)27)7-10(8-21)14(25)22-13-6-4-3-5-12(13)17(18,19)20/h3-7,9H,1-2H3,(H,22,25)/b10-7+. The van der Waals surface area contributed by atoms with Gasteiger partial charge in [-0.25, -0.2) is 4.79 Å². The van der Waals surface area contributed by atoms with E-state index in [0.29, 0.717) is 0 Å². The molecule has 0 bridgehead atoms. The highest BCUT2D eigenvalue weighted by Gasteiger charge is 2.33. The number of hydrogen-bond donors (Lipinski definition) is 1. The van der Waals surface area contributed by atoms with Crippen molar-refractivity contribution in [2.24, 2.45) is 14.1 Å². The number of aromatic nitrogens is 2. The summed E-state index contributed by atoms with van der Waals surface area (Å²) in [5.74, 6) is -1.12. The molecular weight excluding hydrogens is 365 g/mol. The summed E-state index contributed by atoms with van der Waals surface area (Å²) in [5, 5.41) is 11.2. The van der Waals surface area contributed by atoms with Crippen LogP contribution in [0.5, 0.6) is 0 Å². The van der Waals surface area contributed by atoms with Crippen LogP contribution < -0.4 is 16.6 Å². The average Bonchev–Trinajstić information content (AvgIpc) is 2.61. The second-order valence-electron chi connectivity index (χ2n) is 5.51. The van der Waals surface area contributed by atoms with Gasteiger partial charge in [-0.05, 0) is 18.2 Å². The molecule has 0 unspecified atom stereocenters. The fraction of sp³-hybridized carbons (Fsp3) is 0.176. The van der Waals surface area contributed by atoms with Crippen LogP contribution in [0.15, 0.2) is 45.6 Å². The Morgan fingerprint density at radius 3 is 2.44 bits per heavy atom. The summed E-state index contributed by atoms with van der Waals surface area (Å²) in [5.41, 5.74) is -3.70. The smallest absolute Gasteiger partial charge is 0.321 e. The SMILES string of the molecule is Cn1cc(/C=C(\C#N)C(=O)Nc2ccccc2C(F)(F)F)c(=O)n(C)c1=O. The molecule has 2 aromatic rings. The van der Waals surface area contributed by atoms with Gasteiger partial charge in [-0.15, -0.1) is 0 Å². The molecule has 0 aliphatic carbocycles. The second kappa shape index (κ2) is 7.33. The van der Waals surface area contributed by atoms with Gasteiger partial charge in [0.1, 0.15) is 11.6 Å².